The minimum absolute atomic E-state index is 0.347. The van der Waals surface area contributed by atoms with Gasteiger partial charge < -0.3 is 10.6 Å². The number of amides is 1. The van der Waals surface area contributed by atoms with E-state index in [0.29, 0.717) is 11.1 Å². The van der Waals surface area contributed by atoms with Crippen LogP contribution in [0.4, 0.5) is 5.95 Å². The first-order chi connectivity index (χ1) is 12.2. The van der Waals surface area contributed by atoms with Gasteiger partial charge >= 0.3 is 0 Å². The molecule has 1 saturated carbocycles. The summed E-state index contributed by atoms with van der Waals surface area (Å²) in [5.41, 5.74) is 10.8. The van der Waals surface area contributed by atoms with Crippen molar-refractivity contribution in [2.75, 3.05) is 11.4 Å². The van der Waals surface area contributed by atoms with Crippen LogP contribution in [0.1, 0.15) is 53.7 Å². The fourth-order valence-electron chi connectivity index (χ4n) is 4.53. The number of benzene rings is 1. The predicted octanol–water partition coefficient (Wildman–Crippen LogP) is 2.86. The quantitative estimate of drug-likeness (QED) is 0.937. The number of aryl methyl sites for hydroxylation is 1. The summed E-state index contributed by atoms with van der Waals surface area (Å²) < 4.78 is 0. The Kier molecular flexibility index (Phi) is 3.14. The van der Waals surface area contributed by atoms with Crippen molar-refractivity contribution in [2.45, 2.75) is 50.5 Å². The number of carbonyl (C=O) groups excluding carboxylic acids is 1. The van der Waals surface area contributed by atoms with Crippen molar-refractivity contribution in [3.05, 3.63) is 41.1 Å². The molecule has 1 aromatic carbocycles. The van der Waals surface area contributed by atoms with Gasteiger partial charge in [0, 0.05) is 34.5 Å². The zero-order chi connectivity index (χ0) is 17.0. The second kappa shape index (κ2) is 5.28. The molecular formula is C20H22N4O. The average molecular weight is 334 g/mol. The van der Waals surface area contributed by atoms with Crippen LogP contribution in [0.5, 0.6) is 0 Å². The van der Waals surface area contributed by atoms with Crippen molar-refractivity contribution >= 4 is 11.9 Å². The number of aromatic nitrogens is 2. The van der Waals surface area contributed by atoms with Gasteiger partial charge in [0.2, 0.25) is 11.9 Å². The van der Waals surface area contributed by atoms with E-state index in [1.165, 1.54) is 36.9 Å². The number of nitrogens with two attached hydrogens (primary N) is 1. The van der Waals surface area contributed by atoms with Crippen molar-refractivity contribution in [1.29, 1.82) is 0 Å². The summed E-state index contributed by atoms with van der Waals surface area (Å²) in [6, 6.07) is 7.50. The highest BCUT2D eigenvalue weighted by Gasteiger charge is 2.50. The summed E-state index contributed by atoms with van der Waals surface area (Å²) >= 11 is 0. The van der Waals surface area contributed by atoms with Crippen molar-refractivity contribution < 1.29 is 4.79 Å². The molecule has 1 aromatic heterocycles. The number of carbonyl (C=O) groups is 1. The molecule has 1 amide bonds. The fraction of sp³-hybridized carbons (Fsp3) is 0.450. The maximum absolute atomic E-state index is 11.3. The normalized spacial score (nSPS) is 20.1. The first-order valence-electron chi connectivity index (χ1n) is 9.24. The average Bonchev–Trinajstić information content (AvgIpc) is 3.00. The van der Waals surface area contributed by atoms with Crippen LogP contribution in [0.2, 0.25) is 0 Å². The van der Waals surface area contributed by atoms with E-state index in [4.69, 9.17) is 15.7 Å². The van der Waals surface area contributed by atoms with Gasteiger partial charge in [0.05, 0.1) is 5.69 Å². The third-order valence-electron chi connectivity index (χ3n) is 6.26. The van der Waals surface area contributed by atoms with Crippen LogP contribution in [0.3, 0.4) is 0 Å². The second-order valence-corrected chi connectivity index (χ2v) is 7.57. The van der Waals surface area contributed by atoms with E-state index in [1.54, 1.807) is 12.1 Å². The first-order valence-corrected chi connectivity index (χ1v) is 9.24. The van der Waals surface area contributed by atoms with Gasteiger partial charge in [0.1, 0.15) is 0 Å². The molecule has 1 aliphatic heterocycles. The Hall–Kier alpha value is -2.43. The second-order valence-electron chi connectivity index (χ2n) is 7.57. The maximum atomic E-state index is 11.3. The minimum Gasteiger partial charge on any atom is -0.366 e. The molecule has 2 aliphatic carbocycles. The lowest BCUT2D eigenvalue weighted by Crippen LogP contribution is -2.64. The van der Waals surface area contributed by atoms with Crippen molar-refractivity contribution in [3.8, 4) is 11.3 Å². The highest BCUT2D eigenvalue weighted by molar-refractivity contribution is 5.93. The Labute approximate surface area is 147 Å². The monoisotopic (exact) mass is 334 g/mol. The molecule has 2 heterocycles. The molecule has 1 saturated heterocycles. The minimum atomic E-state index is -0.396. The Morgan fingerprint density at radius 3 is 2.44 bits per heavy atom. The first kappa shape index (κ1) is 14.9. The SMILES string of the molecule is NC(=O)c1ccc(-c2nc(N3CCC34CCC4)nc3c2CCC3)cc1. The lowest BCUT2D eigenvalue weighted by Gasteiger charge is -2.58. The van der Waals surface area contributed by atoms with Crippen LogP contribution >= 0.6 is 0 Å². The molecule has 0 radical (unpaired) electrons. The molecular weight excluding hydrogens is 312 g/mol. The molecule has 3 aliphatic rings. The third-order valence-corrected chi connectivity index (χ3v) is 6.26. The molecule has 2 aromatic rings. The van der Waals surface area contributed by atoms with Gasteiger partial charge in [-0.25, -0.2) is 9.97 Å². The Morgan fingerprint density at radius 1 is 1.04 bits per heavy atom. The molecule has 1 spiro atoms. The van der Waals surface area contributed by atoms with Crippen molar-refractivity contribution in [1.82, 2.24) is 9.97 Å². The highest BCUT2D eigenvalue weighted by atomic mass is 16.1. The Balaban J connectivity index is 1.58. The van der Waals surface area contributed by atoms with E-state index in [-0.39, 0.29) is 0 Å². The Bertz CT molecular complexity index is 849. The van der Waals surface area contributed by atoms with E-state index in [2.05, 4.69) is 4.90 Å². The molecule has 2 N–H and O–H groups in total. The molecule has 5 nitrogen and oxygen atoms in total. The standard InChI is InChI=1S/C20H22N4O/c21-18(25)14-7-5-13(6-8-14)17-15-3-1-4-16(15)22-19(23-17)24-12-11-20(24)9-2-10-20/h5-8H,1-4,9-12H2,(H2,21,25). The van der Waals surface area contributed by atoms with Crippen molar-refractivity contribution in [2.24, 2.45) is 5.73 Å². The number of hydrogen-bond acceptors (Lipinski definition) is 4. The van der Waals surface area contributed by atoms with Crippen LogP contribution in [0, 0.1) is 0 Å². The Morgan fingerprint density at radius 2 is 1.84 bits per heavy atom. The van der Waals surface area contributed by atoms with Gasteiger partial charge in [-0.15, -0.1) is 0 Å². The molecule has 2 fully saturated rings. The molecule has 0 bridgehead atoms. The van der Waals surface area contributed by atoms with E-state index in [9.17, 15) is 4.79 Å². The van der Waals surface area contributed by atoms with Gasteiger partial charge in [0.15, 0.2) is 0 Å². The largest absolute Gasteiger partial charge is 0.366 e. The number of rotatable bonds is 3. The van der Waals surface area contributed by atoms with Gasteiger partial charge in [-0.1, -0.05) is 12.1 Å². The van der Waals surface area contributed by atoms with Gasteiger partial charge in [-0.05, 0) is 57.1 Å². The van der Waals surface area contributed by atoms with Crippen LogP contribution in [0.15, 0.2) is 24.3 Å². The third kappa shape index (κ3) is 2.18. The van der Waals surface area contributed by atoms with Gasteiger partial charge in [-0.2, -0.15) is 0 Å². The van der Waals surface area contributed by atoms with E-state index < -0.39 is 5.91 Å². The lowest BCUT2D eigenvalue weighted by molar-refractivity contribution is 0.100. The topological polar surface area (TPSA) is 72.1 Å². The molecule has 25 heavy (non-hydrogen) atoms. The van der Waals surface area contributed by atoms with E-state index >= 15 is 0 Å². The van der Waals surface area contributed by atoms with Gasteiger partial charge in [-0.3, -0.25) is 4.79 Å². The molecule has 5 rings (SSSR count). The molecule has 5 heteroatoms. The zero-order valence-corrected chi connectivity index (χ0v) is 14.3. The van der Waals surface area contributed by atoms with Crippen LogP contribution in [0.25, 0.3) is 11.3 Å². The molecule has 128 valence electrons. The summed E-state index contributed by atoms with van der Waals surface area (Å²) in [4.78, 5) is 23.7. The number of anilines is 1. The van der Waals surface area contributed by atoms with Crippen molar-refractivity contribution in [3.63, 3.8) is 0 Å². The smallest absolute Gasteiger partial charge is 0.248 e. The summed E-state index contributed by atoms with van der Waals surface area (Å²) in [7, 11) is 0. The number of hydrogen-bond donors (Lipinski definition) is 1. The molecule has 0 unspecified atom stereocenters. The van der Waals surface area contributed by atoms with E-state index in [0.717, 1.165) is 43.0 Å². The fourth-order valence-corrected chi connectivity index (χ4v) is 4.53. The zero-order valence-electron chi connectivity index (χ0n) is 14.3. The number of fused-ring (bicyclic) bond motifs is 1. The lowest BCUT2D eigenvalue weighted by atomic mass is 9.68. The predicted molar refractivity (Wildman–Crippen MR) is 96.6 cm³/mol. The summed E-state index contributed by atoms with van der Waals surface area (Å²) in [6.07, 6.45) is 8.36. The summed E-state index contributed by atoms with van der Waals surface area (Å²) in [5.74, 6) is 0.508. The van der Waals surface area contributed by atoms with Gasteiger partial charge in [0.25, 0.3) is 0 Å². The summed E-state index contributed by atoms with van der Waals surface area (Å²) in [5, 5.41) is 0. The van der Waals surface area contributed by atoms with Crippen LogP contribution in [-0.2, 0) is 12.8 Å². The summed E-state index contributed by atoms with van der Waals surface area (Å²) in [6.45, 7) is 1.07. The number of nitrogens with zero attached hydrogens (tertiary/aromatic N) is 3. The van der Waals surface area contributed by atoms with Crippen LogP contribution < -0.4 is 10.6 Å². The van der Waals surface area contributed by atoms with Crippen LogP contribution in [-0.4, -0.2) is 28.0 Å². The highest BCUT2D eigenvalue weighted by Crippen LogP contribution is 2.49. The molecule has 0 atom stereocenters. The van der Waals surface area contributed by atoms with E-state index in [1.807, 2.05) is 12.1 Å². The maximum Gasteiger partial charge on any atom is 0.248 e. The number of primary amides is 1.